The van der Waals surface area contributed by atoms with E-state index < -0.39 is 0 Å². The van der Waals surface area contributed by atoms with Crippen LogP contribution in [0.15, 0.2) is 17.5 Å². The molecule has 0 aliphatic carbocycles. The Morgan fingerprint density at radius 3 is 2.43 bits per heavy atom. The number of rotatable bonds is 5. The lowest BCUT2D eigenvalue weighted by Gasteiger charge is -2.33. The summed E-state index contributed by atoms with van der Waals surface area (Å²) in [6.45, 7) is 4.39. The molecule has 1 atom stereocenters. The van der Waals surface area contributed by atoms with E-state index in [1.165, 1.54) is 12.8 Å². The zero-order valence-corrected chi connectivity index (χ0v) is 13.5. The van der Waals surface area contributed by atoms with Gasteiger partial charge in [0.25, 0.3) is 0 Å². The molecule has 21 heavy (non-hydrogen) atoms. The third kappa shape index (κ3) is 3.93. The van der Waals surface area contributed by atoms with Crippen molar-refractivity contribution in [2.24, 2.45) is 17.8 Å². The fourth-order valence-corrected chi connectivity index (χ4v) is 4.57. The molecule has 1 aromatic rings. The summed E-state index contributed by atoms with van der Waals surface area (Å²) in [4.78, 5) is 13.9. The second kappa shape index (κ2) is 7.52. The minimum absolute atomic E-state index is 0.244. The lowest BCUT2D eigenvalue weighted by Crippen LogP contribution is -2.37. The Morgan fingerprint density at radius 1 is 1.14 bits per heavy atom. The van der Waals surface area contributed by atoms with E-state index >= 15 is 0 Å². The van der Waals surface area contributed by atoms with Crippen LogP contribution >= 0.6 is 11.3 Å². The number of ketones is 1. The van der Waals surface area contributed by atoms with Crippen molar-refractivity contribution in [1.29, 1.82) is 0 Å². The van der Waals surface area contributed by atoms with E-state index in [-0.39, 0.29) is 5.92 Å². The monoisotopic (exact) mass is 306 g/mol. The van der Waals surface area contributed by atoms with Crippen molar-refractivity contribution in [1.82, 2.24) is 10.6 Å². The molecule has 0 bridgehead atoms. The lowest BCUT2D eigenvalue weighted by molar-refractivity contribution is 0.0811. The zero-order chi connectivity index (χ0) is 14.5. The third-order valence-electron chi connectivity index (χ3n) is 5.10. The first-order valence-electron chi connectivity index (χ1n) is 8.34. The Morgan fingerprint density at radius 2 is 1.81 bits per heavy atom. The van der Waals surface area contributed by atoms with Gasteiger partial charge >= 0.3 is 0 Å². The van der Waals surface area contributed by atoms with E-state index in [4.69, 9.17) is 0 Å². The second-order valence-electron chi connectivity index (χ2n) is 6.46. The summed E-state index contributed by atoms with van der Waals surface area (Å²) in [5.41, 5.74) is 0. The lowest BCUT2D eigenvalue weighted by atomic mass is 9.75. The summed E-state index contributed by atoms with van der Waals surface area (Å²) in [6, 6.07) is 4.01. The molecule has 0 saturated carbocycles. The first-order valence-corrected chi connectivity index (χ1v) is 9.21. The summed E-state index contributed by atoms with van der Waals surface area (Å²) in [5.74, 6) is 1.97. The second-order valence-corrected chi connectivity index (χ2v) is 7.41. The fourth-order valence-electron chi connectivity index (χ4n) is 3.84. The number of piperidine rings is 2. The number of carbonyl (C=O) groups is 1. The molecule has 3 nitrogen and oxygen atoms in total. The number of thiophene rings is 1. The van der Waals surface area contributed by atoms with Crippen molar-refractivity contribution in [3.8, 4) is 0 Å². The van der Waals surface area contributed by atoms with Crippen molar-refractivity contribution in [3.63, 3.8) is 0 Å². The van der Waals surface area contributed by atoms with Crippen LogP contribution in [0.3, 0.4) is 0 Å². The van der Waals surface area contributed by atoms with Gasteiger partial charge in [0.05, 0.1) is 4.88 Å². The number of nitrogens with one attached hydrogen (secondary N) is 2. The highest BCUT2D eigenvalue weighted by molar-refractivity contribution is 7.12. The number of carbonyl (C=O) groups excluding carboxylic acids is 1. The molecule has 0 aromatic carbocycles. The summed E-state index contributed by atoms with van der Waals surface area (Å²) in [7, 11) is 0. The standard InChI is InChI=1S/C17H26N2OS/c20-17(16-2-1-11-21-16)15(14-5-9-19-10-6-14)12-13-3-7-18-8-4-13/h1-2,11,13-15,18-19H,3-10,12H2. The molecular weight excluding hydrogens is 280 g/mol. The highest BCUT2D eigenvalue weighted by Crippen LogP contribution is 2.34. The molecule has 0 spiro atoms. The summed E-state index contributed by atoms with van der Waals surface area (Å²) >= 11 is 1.61. The van der Waals surface area contributed by atoms with Gasteiger partial charge in [-0.3, -0.25) is 4.79 Å². The maximum absolute atomic E-state index is 13.0. The average molecular weight is 306 g/mol. The normalized spacial score (nSPS) is 23.0. The molecule has 2 aliphatic heterocycles. The molecule has 2 aliphatic rings. The average Bonchev–Trinajstić information content (AvgIpc) is 3.08. The van der Waals surface area contributed by atoms with Gasteiger partial charge in [-0.15, -0.1) is 11.3 Å². The smallest absolute Gasteiger partial charge is 0.176 e. The molecule has 2 saturated heterocycles. The van der Waals surface area contributed by atoms with Crippen molar-refractivity contribution in [3.05, 3.63) is 22.4 Å². The van der Waals surface area contributed by atoms with Gasteiger partial charge in [-0.1, -0.05) is 6.07 Å². The molecule has 0 radical (unpaired) electrons. The molecule has 3 heterocycles. The Hall–Kier alpha value is -0.710. The van der Waals surface area contributed by atoms with E-state index in [1.807, 2.05) is 17.5 Å². The summed E-state index contributed by atoms with van der Waals surface area (Å²) in [5, 5.41) is 8.88. The first kappa shape index (κ1) is 15.2. The molecule has 2 N–H and O–H groups in total. The van der Waals surface area contributed by atoms with Crippen LogP contribution in [0.4, 0.5) is 0 Å². The van der Waals surface area contributed by atoms with Gasteiger partial charge in [0, 0.05) is 5.92 Å². The largest absolute Gasteiger partial charge is 0.317 e. The van der Waals surface area contributed by atoms with E-state index in [0.29, 0.717) is 11.7 Å². The zero-order valence-electron chi connectivity index (χ0n) is 12.6. The first-order chi connectivity index (χ1) is 10.3. The maximum Gasteiger partial charge on any atom is 0.176 e. The molecule has 3 rings (SSSR count). The van der Waals surface area contributed by atoms with Crippen LogP contribution in [0.5, 0.6) is 0 Å². The number of hydrogen-bond donors (Lipinski definition) is 2. The summed E-state index contributed by atoms with van der Waals surface area (Å²) < 4.78 is 0. The van der Waals surface area contributed by atoms with Crippen LogP contribution in [0.2, 0.25) is 0 Å². The van der Waals surface area contributed by atoms with Gasteiger partial charge in [0.1, 0.15) is 0 Å². The van der Waals surface area contributed by atoms with Crippen molar-refractivity contribution in [2.45, 2.75) is 32.1 Å². The van der Waals surface area contributed by atoms with Gasteiger partial charge in [-0.2, -0.15) is 0 Å². The predicted molar refractivity (Wildman–Crippen MR) is 87.9 cm³/mol. The van der Waals surface area contributed by atoms with Crippen molar-refractivity contribution >= 4 is 17.1 Å². The van der Waals surface area contributed by atoms with Gasteiger partial charge in [-0.25, -0.2) is 0 Å². The van der Waals surface area contributed by atoms with Crippen LogP contribution in [0.25, 0.3) is 0 Å². The van der Waals surface area contributed by atoms with Crippen LogP contribution in [0.1, 0.15) is 41.8 Å². The topological polar surface area (TPSA) is 41.1 Å². The molecule has 1 unspecified atom stereocenters. The highest BCUT2D eigenvalue weighted by Gasteiger charge is 2.32. The van der Waals surface area contributed by atoms with Crippen molar-refractivity contribution in [2.75, 3.05) is 26.2 Å². The summed E-state index contributed by atoms with van der Waals surface area (Å²) in [6.07, 6.45) is 5.89. The van der Waals surface area contributed by atoms with Crippen LogP contribution < -0.4 is 10.6 Å². The number of Topliss-reactive ketones (excluding diaryl/α,β-unsaturated/α-hetero) is 1. The van der Waals surface area contributed by atoms with Crippen LogP contribution in [0, 0.1) is 17.8 Å². The van der Waals surface area contributed by atoms with Gasteiger partial charge in [-0.05, 0) is 81.6 Å². The van der Waals surface area contributed by atoms with Crippen LogP contribution in [-0.4, -0.2) is 32.0 Å². The maximum atomic E-state index is 13.0. The Bertz CT molecular complexity index is 434. The minimum Gasteiger partial charge on any atom is -0.317 e. The van der Waals surface area contributed by atoms with Gasteiger partial charge < -0.3 is 10.6 Å². The van der Waals surface area contributed by atoms with Gasteiger partial charge in [0.2, 0.25) is 0 Å². The molecule has 1 aromatic heterocycles. The molecule has 116 valence electrons. The van der Waals surface area contributed by atoms with Crippen molar-refractivity contribution < 1.29 is 4.79 Å². The Labute approximate surface area is 131 Å². The van der Waals surface area contributed by atoms with E-state index in [9.17, 15) is 4.79 Å². The third-order valence-corrected chi connectivity index (χ3v) is 5.98. The number of hydrogen-bond acceptors (Lipinski definition) is 4. The highest BCUT2D eigenvalue weighted by atomic mass is 32.1. The molecule has 0 amide bonds. The van der Waals surface area contributed by atoms with E-state index in [2.05, 4.69) is 10.6 Å². The minimum atomic E-state index is 0.244. The van der Waals surface area contributed by atoms with E-state index in [0.717, 1.165) is 56.2 Å². The SMILES string of the molecule is O=C(c1cccs1)C(CC1CCNCC1)C1CCNCC1. The Balaban J connectivity index is 1.71. The Kier molecular flexibility index (Phi) is 5.44. The molecule has 4 heteroatoms. The van der Waals surface area contributed by atoms with Crippen LogP contribution in [-0.2, 0) is 0 Å². The van der Waals surface area contributed by atoms with Gasteiger partial charge in [0.15, 0.2) is 5.78 Å². The fraction of sp³-hybridized carbons (Fsp3) is 0.706. The quantitative estimate of drug-likeness (QED) is 0.822. The molecular formula is C17H26N2OS. The molecule has 2 fully saturated rings. The van der Waals surface area contributed by atoms with E-state index in [1.54, 1.807) is 11.3 Å². The predicted octanol–water partition coefficient (Wildman–Crippen LogP) is 2.94.